The van der Waals surface area contributed by atoms with Gasteiger partial charge in [-0.3, -0.25) is 4.90 Å². The molecule has 2 fully saturated rings. The highest BCUT2D eigenvalue weighted by atomic mass is 19.4. The van der Waals surface area contributed by atoms with Crippen LogP contribution in [0.5, 0.6) is 5.75 Å². The Labute approximate surface area is 229 Å². The zero-order chi connectivity index (χ0) is 28.9. The van der Waals surface area contributed by atoms with Gasteiger partial charge in [0, 0.05) is 36.9 Å². The maximum atomic E-state index is 13.2. The minimum atomic E-state index is -5.01. The summed E-state index contributed by atoms with van der Waals surface area (Å²) in [7, 11) is 1.55. The normalized spacial score (nSPS) is 18.8. The minimum absolute atomic E-state index is 0.0221. The van der Waals surface area contributed by atoms with E-state index < -0.39 is 35.2 Å². The van der Waals surface area contributed by atoms with Gasteiger partial charge in [-0.1, -0.05) is 24.6 Å². The highest BCUT2D eigenvalue weighted by molar-refractivity contribution is 5.89. The number of rotatable bonds is 7. The highest BCUT2D eigenvalue weighted by Crippen LogP contribution is 2.38. The van der Waals surface area contributed by atoms with Gasteiger partial charge in [0.2, 0.25) is 0 Å². The van der Waals surface area contributed by atoms with E-state index >= 15 is 0 Å². The molecule has 4 rings (SSSR count). The van der Waals surface area contributed by atoms with Crippen LogP contribution in [0.1, 0.15) is 54.8 Å². The van der Waals surface area contributed by atoms with Crippen molar-refractivity contribution < 1.29 is 35.9 Å². The van der Waals surface area contributed by atoms with Crippen LogP contribution in [0, 0.1) is 0 Å². The molecule has 12 heteroatoms. The number of nitrogens with one attached hydrogen (secondary N) is 2. The second kappa shape index (κ2) is 12.7. The van der Waals surface area contributed by atoms with Crippen LogP contribution in [-0.4, -0.2) is 61.7 Å². The largest absolute Gasteiger partial charge is 0.496 e. The maximum absolute atomic E-state index is 13.2. The smallest absolute Gasteiger partial charge is 0.416 e. The zero-order valence-electron chi connectivity index (χ0n) is 22.2. The Morgan fingerprint density at radius 2 is 1.52 bits per heavy atom. The number of halogens is 6. The molecule has 2 saturated heterocycles. The van der Waals surface area contributed by atoms with Crippen molar-refractivity contribution in [3.8, 4) is 5.75 Å². The molecule has 220 valence electrons. The zero-order valence-corrected chi connectivity index (χ0v) is 22.2. The molecule has 6 nitrogen and oxygen atoms in total. The van der Waals surface area contributed by atoms with E-state index in [2.05, 4.69) is 20.4 Å². The second-order valence-electron chi connectivity index (χ2n) is 10.3. The number of carbonyl (C=O) groups is 1. The van der Waals surface area contributed by atoms with E-state index in [1.807, 2.05) is 24.3 Å². The predicted molar refractivity (Wildman–Crippen MR) is 139 cm³/mol. The molecule has 2 N–H and O–H groups in total. The third kappa shape index (κ3) is 7.60. The van der Waals surface area contributed by atoms with Crippen molar-refractivity contribution in [1.29, 1.82) is 0 Å². The third-order valence-electron chi connectivity index (χ3n) is 7.65. The summed E-state index contributed by atoms with van der Waals surface area (Å²) in [5.74, 6) is 0.626. The summed E-state index contributed by atoms with van der Waals surface area (Å²) >= 11 is 0. The molecule has 2 heterocycles. The summed E-state index contributed by atoms with van der Waals surface area (Å²) in [4.78, 5) is 17.5. The van der Waals surface area contributed by atoms with Crippen LogP contribution >= 0.6 is 0 Å². The van der Waals surface area contributed by atoms with Crippen molar-refractivity contribution in [2.75, 3.05) is 45.2 Å². The van der Waals surface area contributed by atoms with Gasteiger partial charge in [-0.25, -0.2) is 4.79 Å². The van der Waals surface area contributed by atoms with E-state index in [-0.39, 0.29) is 18.7 Å². The molecular formula is C28H34F6N4O2. The molecule has 40 heavy (non-hydrogen) atoms. The lowest BCUT2D eigenvalue weighted by Crippen LogP contribution is -2.49. The maximum Gasteiger partial charge on any atom is 0.416 e. The number of urea groups is 1. The summed E-state index contributed by atoms with van der Waals surface area (Å²) < 4.78 is 84.9. The molecule has 2 aromatic rings. The lowest BCUT2D eigenvalue weighted by molar-refractivity contribution is -0.143. The Balaban J connectivity index is 1.47. The van der Waals surface area contributed by atoms with E-state index in [1.54, 1.807) is 7.11 Å². The fraction of sp³-hybridized carbons (Fsp3) is 0.536. The van der Waals surface area contributed by atoms with Crippen molar-refractivity contribution in [1.82, 2.24) is 15.1 Å². The number of nitrogens with zero attached hydrogens (tertiary/aromatic N) is 2. The van der Waals surface area contributed by atoms with E-state index in [0.29, 0.717) is 23.9 Å². The van der Waals surface area contributed by atoms with Crippen molar-refractivity contribution in [2.24, 2.45) is 0 Å². The molecule has 0 aromatic heterocycles. The monoisotopic (exact) mass is 572 g/mol. The second-order valence-corrected chi connectivity index (χ2v) is 10.3. The number of hydrogen-bond donors (Lipinski definition) is 2. The Hall–Kier alpha value is -2.99. The number of likely N-dealkylation sites (tertiary alicyclic amines) is 2. The number of carbonyl (C=O) groups excluding carboxylic acids is 1. The van der Waals surface area contributed by atoms with Gasteiger partial charge in [0.05, 0.1) is 24.3 Å². The van der Waals surface area contributed by atoms with Gasteiger partial charge in [0.15, 0.2) is 0 Å². The van der Waals surface area contributed by atoms with Crippen LogP contribution in [0.2, 0.25) is 0 Å². The first-order valence-electron chi connectivity index (χ1n) is 13.4. The number of hydrogen-bond acceptors (Lipinski definition) is 4. The SMILES string of the molecule is COc1ccccc1C(CNC(=O)Nc1cc(C(F)(F)F)cc(C(F)(F)F)c1)N1CCC(N2CCCCC2)CC1. The van der Waals surface area contributed by atoms with Crippen molar-refractivity contribution in [2.45, 2.75) is 56.5 Å². The van der Waals surface area contributed by atoms with Gasteiger partial charge in [0.1, 0.15) is 5.75 Å². The fourth-order valence-electron chi connectivity index (χ4n) is 5.62. The van der Waals surface area contributed by atoms with Crippen LogP contribution in [0.3, 0.4) is 0 Å². The Bertz CT molecular complexity index is 1110. The Morgan fingerprint density at radius 1 is 0.925 bits per heavy atom. The summed E-state index contributed by atoms with van der Waals surface area (Å²) in [6.45, 7) is 3.83. The van der Waals surface area contributed by atoms with E-state index in [9.17, 15) is 31.1 Å². The summed E-state index contributed by atoms with van der Waals surface area (Å²) in [5.41, 5.74) is -2.77. The summed E-state index contributed by atoms with van der Waals surface area (Å²) in [6.07, 6.45) is -4.42. The molecule has 2 amide bonds. The Morgan fingerprint density at radius 3 is 2.10 bits per heavy atom. The number of ether oxygens (including phenoxy) is 1. The quantitative estimate of drug-likeness (QED) is 0.370. The van der Waals surface area contributed by atoms with Crippen molar-refractivity contribution >= 4 is 11.7 Å². The number of piperidine rings is 2. The van der Waals surface area contributed by atoms with Crippen LogP contribution < -0.4 is 15.4 Å². The fourth-order valence-corrected chi connectivity index (χ4v) is 5.62. The number of benzene rings is 2. The van der Waals surface area contributed by atoms with Crippen molar-refractivity contribution in [3.05, 3.63) is 59.2 Å². The molecule has 2 aliphatic heterocycles. The molecule has 0 bridgehead atoms. The first-order valence-corrected chi connectivity index (χ1v) is 13.4. The van der Waals surface area contributed by atoms with E-state index in [1.165, 1.54) is 19.3 Å². The average molecular weight is 573 g/mol. The van der Waals surface area contributed by atoms with Crippen LogP contribution in [0.4, 0.5) is 36.8 Å². The molecule has 0 saturated carbocycles. The minimum Gasteiger partial charge on any atom is -0.496 e. The number of amides is 2. The predicted octanol–water partition coefficient (Wildman–Crippen LogP) is 6.55. The van der Waals surface area contributed by atoms with Gasteiger partial charge >= 0.3 is 18.4 Å². The van der Waals surface area contributed by atoms with E-state index in [0.717, 1.165) is 44.6 Å². The topological polar surface area (TPSA) is 56.8 Å². The van der Waals surface area contributed by atoms with Crippen LogP contribution in [-0.2, 0) is 12.4 Å². The van der Waals surface area contributed by atoms with Crippen molar-refractivity contribution in [3.63, 3.8) is 0 Å². The molecule has 1 unspecified atom stereocenters. The van der Waals surface area contributed by atoms with Gasteiger partial charge in [0.25, 0.3) is 0 Å². The first-order chi connectivity index (χ1) is 19.0. The number of anilines is 1. The van der Waals surface area contributed by atoms with Gasteiger partial charge in [-0.05, 0) is 63.0 Å². The average Bonchev–Trinajstić information content (AvgIpc) is 2.93. The first kappa shape index (κ1) is 30.0. The molecule has 0 radical (unpaired) electrons. The van der Waals surface area contributed by atoms with Gasteiger partial charge < -0.3 is 20.3 Å². The van der Waals surface area contributed by atoms with E-state index in [4.69, 9.17) is 4.74 Å². The molecule has 1 atom stereocenters. The molecule has 2 aromatic carbocycles. The number of alkyl halides is 6. The molecular weight excluding hydrogens is 538 g/mol. The van der Waals surface area contributed by atoms with Gasteiger partial charge in [-0.15, -0.1) is 0 Å². The summed E-state index contributed by atoms with van der Waals surface area (Å²) in [5, 5.41) is 4.80. The highest BCUT2D eigenvalue weighted by Gasteiger charge is 2.37. The number of methoxy groups -OCH3 is 1. The standard InChI is InChI=1S/C28H34F6N4O2/c1-40-25-8-4-3-7-23(25)24(38-13-9-22(10-14-38)37-11-5-2-6-12-37)18-35-26(39)36-21-16-19(27(29,30)31)15-20(17-21)28(32,33)34/h3-4,7-8,15-17,22,24H,2,5-6,9-14,18H2,1H3,(H2,35,36,39). The lowest BCUT2D eigenvalue weighted by Gasteiger charge is -2.43. The molecule has 0 spiro atoms. The molecule has 0 aliphatic carbocycles. The third-order valence-corrected chi connectivity index (χ3v) is 7.65. The lowest BCUT2D eigenvalue weighted by atomic mass is 9.96. The van der Waals surface area contributed by atoms with Gasteiger partial charge in [-0.2, -0.15) is 26.3 Å². The Kier molecular flexibility index (Phi) is 9.50. The van der Waals surface area contributed by atoms with Crippen LogP contribution in [0.15, 0.2) is 42.5 Å². The molecule has 2 aliphatic rings. The van der Waals surface area contributed by atoms with Crippen LogP contribution in [0.25, 0.3) is 0 Å². The summed E-state index contributed by atoms with van der Waals surface area (Å²) in [6, 6.07) is 7.65. The number of para-hydroxylation sites is 1.